The van der Waals surface area contributed by atoms with Gasteiger partial charge in [0.25, 0.3) is 0 Å². The number of phosphoric ester groups is 1. The fourth-order valence-corrected chi connectivity index (χ4v) is 8.88. The quantitative estimate of drug-likeness (QED) is 0.0197. The highest BCUT2D eigenvalue weighted by Gasteiger charge is 2.28. The van der Waals surface area contributed by atoms with Gasteiger partial charge in [-0.15, -0.1) is 0 Å². The Kier molecular flexibility index (Phi) is 51.3. The summed E-state index contributed by atoms with van der Waals surface area (Å²) in [6, 6.07) is 0. The Labute approximate surface area is 429 Å². The van der Waals surface area contributed by atoms with Crippen molar-refractivity contribution in [1.82, 2.24) is 0 Å². The number of ether oxygens (including phenoxy) is 3. The SMILES string of the molecule is CCC/C=C\C/C=C\CCCCCCCC(=O)OC(COC(=O)CCCCCCCCCCCCCCCCCCC)COP(=O)(O)OCC(CO)OC(=O)CCCCCCC/C=C\CCCCCC. The molecule has 0 fully saturated rings. The van der Waals surface area contributed by atoms with E-state index in [0.29, 0.717) is 19.3 Å². The van der Waals surface area contributed by atoms with Gasteiger partial charge in [0.15, 0.2) is 6.10 Å². The Bertz CT molecular complexity index is 1320. The van der Waals surface area contributed by atoms with Crippen LogP contribution in [-0.4, -0.2) is 66.5 Å². The van der Waals surface area contributed by atoms with Crippen molar-refractivity contribution in [2.75, 3.05) is 26.4 Å². The second-order valence-electron chi connectivity index (χ2n) is 19.5. The van der Waals surface area contributed by atoms with Gasteiger partial charge in [0.05, 0.1) is 19.8 Å². The maximum atomic E-state index is 12.9. The van der Waals surface area contributed by atoms with E-state index in [1.54, 1.807) is 0 Å². The highest BCUT2D eigenvalue weighted by atomic mass is 31.2. The number of unbranched alkanes of at least 4 members (excludes halogenated alkanes) is 31. The number of hydrogen-bond donors (Lipinski definition) is 2. The highest BCUT2D eigenvalue weighted by molar-refractivity contribution is 7.47. The lowest BCUT2D eigenvalue weighted by atomic mass is 10.0. The Morgan fingerprint density at radius 1 is 0.400 bits per heavy atom. The number of hydrogen-bond acceptors (Lipinski definition) is 10. The van der Waals surface area contributed by atoms with E-state index in [1.165, 1.54) is 109 Å². The van der Waals surface area contributed by atoms with Crippen molar-refractivity contribution in [2.45, 2.75) is 290 Å². The number of aliphatic hydroxyl groups is 1. The van der Waals surface area contributed by atoms with Gasteiger partial charge < -0.3 is 24.2 Å². The Morgan fingerprint density at radius 3 is 1.14 bits per heavy atom. The molecule has 0 aliphatic rings. The van der Waals surface area contributed by atoms with E-state index in [4.69, 9.17) is 23.3 Å². The minimum absolute atomic E-state index is 0.154. The molecular formula is C58H107O11P. The Balaban J connectivity index is 4.69. The molecule has 3 unspecified atom stereocenters. The summed E-state index contributed by atoms with van der Waals surface area (Å²) in [7, 11) is -4.75. The molecule has 12 heteroatoms. The normalized spacial score (nSPS) is 13.6. The van der Waals surface area contributed by atoms with Gasteiger partial charge in [0.1, 0.15) is 12.7 Å². The van der Waals surface area contributed by atoms with Crippen LogP contribution < -0.4 is 0 Å². The summed E-state index contributed by atoms with van der Waals surface area (Å²) in [5, 5.41) is 9.80. The predicted octanol–water partition coefficient (Wildman–Crippen LogP) is 16.8. The van der Waals surface area contributed by atoms with Crippen molar-refractivity contribution in [3.8, 4) is 0 Å². The minimum Gasteiger partial charge on any atom is -0.462 e. The van der Waals surface area contributed by atoms with Crippen molar-refractivity contribution >= 4 is 25.7 Å². The van der Waals surface area contributed by atoms with Gasteiger partial charge in [-0.05, 0) is 70.6 Å². The molecule has 0 aromatic rings. The lowest BCUT2D eigenvalue weighted by Crippen LogP contribution is -2.30. The molecule has 0 aliphatic carbocycles. The second-order valence-corrected chi connectivity index (χ2v) is 20.9. The highest BCUT2D eigenvalue weighted by Crippen LogP contribution is 2.43. The second kappa shape index (κ2) is 53.0. The molecule has 3 atom stereocenters. The zero-order valence-corrected chi connectivity index (χ0v) is 46.1. The van der Waals surface area contributed by atoms with Crippen LogP contribution in [0.4, 0.5) is 0 Å². The Hall–Kier alpha value is -2.30. The van der Waals surface area contributed by atoms with Gasteiger partial charge in [-0.25, -0.2) is 4.57 Å². The maximum absolute atomic E-state index is 12.9. The zero-order chi connectivity index (χ0) is 51.3. The summed E-state index contributed by atoms with van der Waals surface area (Å²) in [6.45, 7) is 4.57. The van der Waals surface area contributed by atoms with E-state index >= 15 is 0 Å². The van der Waals surface area contributed by atoms with Gasteiger partial charge >= 0.3 is 25.7 Å². The number of carbonyl (C=O) groups is 3. The standard InChI is InChI=1S/C58H107O11P/c1-4-7-10-13-16-19-22-25-26-27-28-31-32-35-38-41-44-47-56(60)65-51-55(69-58(62)49-46-43-40-37-34-30-24-21-18-15-12-9-6-3)53-67-70(63,64)66-52-54(50-59)68-57(61)48-45-42-39-36-33-29-23-20-17-14-11-8-5-2/h12,15,20-21,23-24,54-55,59H,4-11,13-14,16-19,22,25-53H2,1-3H3,(H,63,64)/b15-12-,23-20-,24-21-. The molecule has 70 heavy (non-hydrogen) atoms. The fraction of sp³-hybridized carbons (Fsp3) is 0.845. The number of aliphatic hydroxyl groups excluding tert-OH is 1. The van der Waals surface area contributed by atoms with Gasteiger partial charge in [-0.3, -0.25) is 23.4 Å². The molecular weight excluding hydrogens is 904 g/mol. The molecule has 0 heterocycles. The first-order valence-electron chi connectivity index (χ1n) is 28.9. The molecule has 0 saturated heterocycles. The monoisotopic (exact) mass is 1010 g/mol. The smallest absolute Gasteiger partial charge is 0.462 e. The maximum Gasteiger partial charge on any atom is 0.472 e. The third-order valence-electron chi connectivity index (χ3n) is 12.5. The summed E-state index contributed by atoms with van der Waals surface area (Å²) in [5.74, 6) is -1.47. The van der Waals surface area contributed by atoms with Gasteiger partial charge in [-0.2, -0.15) is 0 Å². The summed E-state index contributed by atoms with van der Waals surface area (Å²) in [6.07, 6.45) is 53.9. The van der Waals surface area contributed by atoms with Crippen LogP contribution >= 0.6 is 7.82 Å². The molecule has 0 spiro atoms. The van der Waals surface area contributed by atoms with Crippen LogP contribution in [-0.2, 0) is 42.2 Å². The number of allylic oxidation sites excluding steroid dienone is 6. The molecule has 0 bridgehead atoms. The summed E-state index contributed by atoms with van der Waals surface area (Å²) in [4.78, 5) is 48.5. The molecule has 0 rings (SSSR count). The molecule has 0 saturated carbocycles. The lowest BCUT2D eigenvalue weighted by Gasteiger charge is -2.21. The Morgan fingerprint density at radius 2 is 0.729 bits per heavy atom. The van der Waals surface area contributed by atoms with Crippen molar-refractivity contribution < 1.29 is 52.2 Å². The molecule has 0 aliphatic heterocycles. The predicted molar refractivity (Wildman–Crippen MR) is 289 cm³/mol. The van der Waals surface area contributed by atoms with Crippen LogP contribution in [0, 0.1) is 0 Å². The first-order valence-corrected chi connectivity index (χ1v) is 30.4. The molecule has 0 aromatic carbocycles. The van der Waals surface area contributed by atoms with E-state index in [2.05, 4.69) is 57.2 Å². The van der Waals surface area contributed by atoms with E-state index in [1.807, 2.05) is 0 Å². The van der Waals surface area contributed by atoms with Crippen LogP contribution in [0.1, 0.15) is 278 Å². The number of esters is 3. The summed E-state index contributed by atoms with van der Waals surface area (Å²) < 4.78 is 39.5. The van der Waals surface area contributed by atoms with E-state index < -0.39 is 57.8 Å². The lowest BCUT2D eigenvalue weighted by molar-refractivity contribution is -0.161. The van der Waals surface area contributed by atoms with Crippen LogP contribution in [0.15, 0.2) is 36.5 Å². The molecule has 0 amide bonds. The number of phosphoric acid groups is 1. The van der Waals surface area contributed by atoms with Crippen LogP contribution in [0.25, 0.3) is 0 Å². The molecule has 0 aromatic heterocycles. The summed E-state index contributed by atoms with van der Waals surface area (Å²) >= 11 is 0. The average Bonchev–Trinajstić information content (AvgIpc) is 3.35. The van der Waals surface area contributed by atoms with Crippen molar-refractivity contribution in [3.63, 3.8) is 0 Å². The molecule has 0 radical (unpaired) electrons. The van der Waals surface area contributed by atoms with Gasteiger partial charge in [0, 0.05) is 19.3 Å². The van der Waals surface area contributed by atoms with Gasteiger partial charge in [-0.1, -0.05) is 224 Å². The number of rotatable bonds is 54. The van der Waals surface area contributed by atoms with Crippen molar-refractivity contribution in [2.24, 2.45) is 0 Å². The fourth-order valence-electron chi connectivity index (χ4n) is 8.10. The van der Waals surface area contributed by atoms with E-state index in [9.17, 15) is 28.9 Å². The average molecular weight is 1010 g/mol. The van der Waals surface area contributed by atoms with Crippen LogP contribution in [0.3, 0.4) is 0 Å². The van der Waals surface area contributed by atoms with Crippen LogP contribution in [0.2, 0.25) is 0 Å². The third kappa shape index (κ3) is 50.6. The van der Waals surface area contributed by atoms with Crippen LogP contribution in [0.5, 0.6) is 0 Å². The largest absolute Gasteiger partial charge is 0.472 e. The molecule has 2 N–H and O–H groups in total. The first kappa shape index (κ1) is 67.7. The van der Waals surface area contributed by atoms with E-state index in [0.717, 1.165) is 109 Å². The molecule has 410 valence electrons. The minimum atomic E-state index is -4.75. The molecule has 11 nitrogen and oxygen atoms in total. The zero-order valence-electron chi connectivity index (χ0n) is 45.2. The van der Waals surface area contributed by atoms with Crippen molar-refractivity contribution in [1.29, 1.82) is 0 Å². The number of carbonyl (C=O) groups excluding carboxylic acids is 3. The summed E-state index contributed by atoms with van der Waals surface area (Å²) in [5.41, 5.74) is 0. The van der Waals surface area contributed by atoms with Gasteiger partial charge in [0.2, 0.25) is 0 Å². The first-order chi connectivity index (χ1) is 34.2. The van der Waals surface area contributed by atoms with Crippen molar-refractivity contribution in [3.05, 3.63) is 36.5 Å². The van der Waals surface area contributed by atoms with E-state index in [-0.39, 0.29) is 25.9 Å². The third-order valence-corrected chi connectivity index (χ3v) is 13.5. The topological polar surface area (TPSA) is 155 Å².